The van der Waals surface area contributed by atoms with Crippen LogP contribution >= 0.6 is 0 Å². The standard InChI is InChI=1S/C11H10FN/c1-9-8-10(4-5-11(9)12)13-6-2-3-7-13/h2-8H,1H3. The molecule has 0 aliphatic carbocycles. The zero-order valence-corrected chi connectivity index (χ0v) is 7.37. The first-order valence-electron chi connectivity index (χ1n) is 4.17. The number of hydrogen-bond donors (Lipinski definition) is 0. The van der Waals surface area contributed by atoms with Gasteiger partial charge >= 0.3 is 0 Å². The van der Waals surface area contributed by atoms with E-state index in [1.165, 1.54) is 6.07 Å². The van der Waals surface area contributed by atoms with Gasteiger partial charge in [0, 0.05) is 18.1 Å². The number of rotatable bonds is 1. The predicted molar refractivity (Wildman–Crippen MR) is 50.5 cm³/mol. The number of aryl methyl sites for hydroxylation is 1. The number of nitrogens with zero attached hydrogens (tertiary/aromatic N) is 1. The van der Waals surface area contributed by atoms with Crippen molar-refractivity contribution in [3.8, 4) is 5.69 Å². The fourth-order valence-corrected chi connectivity index (χ4v) is 1.30. The lowest BCUT2D eigenvalue weighted by Gasteiger charge is -2.04. The minimum Gasteiger partial charge on any atom is -0.324 e. The first kappa shape index (κ1) is 8.05. The highest BCUT2D eigenvalue weighted by molar-refractivity contribution is 5.36. The van der Waals surface area contributed by atoms with Gasteiger partial charge in [0.1, 0.15) is 5.82 Å². The smallest absolute Gasteiger partial charge is 0.126 e. The maximum absolute atomic E-state index is 12.9. The van der Waals surface area contributed by atoms with E-state index in [2.05, 4.69) is 0 Å². The summed E-state index contributed by atoms with van der Waals surface area (Å²) in [5.74, 6) is -0.157. The maximum Gasteiger partial charge on any atom is 0.126 e. The summed E-state index contributed by atoms with van der Waals surface area (Å²) in [7, 11) is 0. The van der Waals surface area contributed by atoms with Crippen molar-refractivity contribution in [1.82, 2.24) is 4.57 Å². The molecule has 0 saturated heterocycles. The Morgan fingerprint density at radius 1 is 1.15 bits per heavy atom. The Morgan fingerprint density at radius 2 is 1.85 bits per heavy atom. The van der Waals surface area contributed by atoms with Crippen LogP contribution in [0, 0.1) is 12.7 Å². The van der Waals surface area contributed by atoms with Crippen molar-refractivity contribution in [3.63, 3.8) is 0 Å². The molecule has 0 unspecified atom stereocenters. The van der Waals surface area contributed by atoms with Crippen LogP contribution in [0.3, 0.4) is 0 Å². The minimum atomic E-state index is -0.157. The Kier molecular flexibility index (Phi) is 1.89. The normalized spacial score (nSPS) is 10.3. The molecule has 2 rings (SSSR count). The second-order valence-electron chi connectivity index (χ2n) is 3.02. The first-order chi connectivity index (χ1) is 6.27. The Balaban J connectivity index is 2.49. The molecule has 0 atom stereocenters. The highest BCUT2D eigenvalue weighted by Gasteiger charge is 1.98. The van der Waals surface area contributed by atoms with Crippen LogP contribution in [0.2, 0.25) is 0 Å². The number of benzene rings is 1. The molecule has 1 aromatic carbocycles. The lowest BCUT2D eigenvalue weighted by atomic mass is 10.2. The fraction of sp³-hybridized carbons (Fsp3) is 0.0909. The summed E-state index contributed by atoms with van der Waals surface area (Å²) in [5.41, 5.74) is 1.66. The van der Waals surface area contributed by atoms with E-state index in [1.807, 2.05) is 35.2 Å². The zero-order valence-electron chi connectivity index (χ0n) is 7.37. The van der Waals surface area contributed by atoms with Crippen molar-refractivity contribution >= 4 is 0 Å². The van der Waals surface area contributed by atoms with E-state index < -0.39 is 0 Å². The highest BCUT2D eigenvalue weighted by Crippen LogP contribution is 2.13. The molecule has 1 aromatic heterocycles. The van der Waals surface area contributed by atoms with Crippen molar-refractivity contribution in [1.29, 1.82) is 0 Å². The van der Waals surface area contributed by atoms with E-state index in [4.69, 9.17) is 0 Å². The van der Waals surface area contributed by atoms with Crippen molar-refractivity contribution in [3.05, 3.63) is 54.1 Å². The van der Waals surface area contributed by atoms with Gasteiger partial charge in [-0.15, -0.1) is 0 Å². The van der Waals surface area contributed by atoms with Gasteiger partial charge in [-0.2, -0.15) is 0 Å². The predicted octanol–water partition coefficient (Wildman–Crippen LogP) is 2.92. The maximum atomic E-state index is 12.9. The van der Waals surface area contributed by atoms with Crippen LogP contribution in [-0.4, -0.2) is 4.57 Å². The van der Waals surface area contributed by atoms with E-state index in [9.17, 15) is 4.39 Å². The molecule has 0 bridgehead atoms. The van der Waals surface area contributed by atoms with Crippen molar-refractivity contribution in [2.45, 2.75) is 6.92 Å². The number of hydrogen-bond acceptors (Lipinski definition) is 0. The second-order valence-corrected chi connectivity index (χ2v) is 3.02. The van der Waals surface area contributed by atoms with Gasteiger partial charge < -0.3 is 4.57 Å². The quantitative estimate of drug-likeness (QED) is 0.628. The Hall–Kier alpha value is -1.57. The third-order valence-corrected chi connectivity index (χ3v) is 2.04. The third kappa shape index (κ3) is 1.47. The molecule has 0 radical (unpaired) electrons. The van der Waals surface area contributed by atoms with Gasteiger partial charge in [0.2, 0.25) is 0 Å². The molecule has 1 nitrogen and oxygen atoms in total. The number of aromatic nitrogens is 1. The Labute approximate surface area is 76.4 Å². The zero-order chi connectivity index (χ0) is 9.26. The number of halogens is 1. The van der Waals surface area contributed by atoms with Crippen molar-refractivity contribution in [2.75, 3.05) is 0 Å². The monoisotopic (exact) mass is 175 g/mol. The van der Waals surface area contributed by atoms with Gasteiger partial charge in [-0.1, -0.05) is 0 Å². The molecule has 13 heavy (non-hydrogen) atoms. The van der Waals surface area contributed by atoms with E-state index >= 15 is 0 Å². The van der Waals surface area contributed by atoms with Gasteiger partial charge in [-0.05, 0) is 42.8 Å². The minimum absolute atomic E-state index is 0.157. The molecule has 0 fully saturated rings. The van der Waals surface area contributed by atoms with Crippen LogP contribution in [-0.2, 0) is 0 Å². The topological polar surface area (TPSA) is 4.93 Å². The van der Waals surface area contributed by atoms with Crippen LogP contribution in [0.5, 0.6) is 0 Å². The molecule has 0 amide bonds. The molecule has 1 heterocycles. The SMILES string of the molecule is Cc1cc(-n2cccc2)ccc1F. The van der Waals surface area contributed by atoms with Crippen LogP contribution in [0.1, 0.15) is 5.56 Å². The van der Waals surface area contributed by atoms with Gasteiger partial charge in [-0.3, -0.25) is 0 Å². The summed E-state index contributed by atoms with van der Waals surface area (Å²) >= 11 is 0. The second kappa shape index (κ2) is 3.05. The first-order valence-corrected chi connectivity index (χ1v) is 4.17. The van der Waals surface area contributed by atoms with E-state index in [0.29, 0.717) is 5.56 Å². The lowest BCUT2D eigenvalue weighted by molar-refractivity contribution is 0.618. The van der Waals surface area contributed by atoms with Crippen molar-refractivity contribution in [2.24, 2.45) is 0 Å². The van der Waals surface area contributed by atoms with E-state index in [-0.39, 0.29) is 5.82 Å². The molecule has 2 aromatic rings. The van der Waals surface area contributed by atoms with Crippen LogP contribution in [0.25, 0.3) is 5.69 Å². The molecule has 0 N–H and O–H groups in total. The largest absolute Gasteiger partial charge is 0.324 e. The van der Waals surface area contributed by atoms with Gasteiger partial charge in [-0.25, -0.2) is 4.39 Å². The summed E-state index contributed by atoms with van der Waals surface area (Å²) in [6.45, 7) is 1.77. The van der Waals surface area contributed by atoms with Crippen LogP contribution in [0.15, 0.2) is 42.7 Å². The summed E-state index contributed by atoms with van der Waals surface area (Å²) in [6.07, 6.45) is 3.87. The summed E-state index contributed by atoms with van der Waals surface area (Å²) < 4.78 is 14.9. The van der Waals surface area contributed by atoms with Crippen LogP contribution < -0.4 is 0 Å². The lowest BCUT2D eigenvalue weighted by Crippen LogP contribution is -1.91. The molecule has 0 spiro atoms. The molecular formula is C11H10FN. The molecule has 0 aliphatic rings. The Morgan fingerprint density at radius 3 is 2.46 bits per heavy atom. The van der Waals surface area contributed by atoms with E-state index in [1.54, 1.807) is 13.0 Å². The van der Waals surface area contributed by atoms with Crippen molar-refractivity contribution < 1.29 is 4.39 Å². The third-order valence-electron chi connectivity index (χ3n) is 2.04. The molecule has 0 saturated carbocycles. The van der Waals surface area contributed by atoms with Gasteiger partial charge in [0.05, 0.1) is 0 Å². The van der Waals surface area contributed by atoms with Gasteiger partial charge in [0.25, 0.3) is 0 Å². The molecule has 0 aliphatic heterocycles. The summed E-state index contributed by atoms with van der Waals surface area (Å²) in [4.78, 5) is 0. The Bertz CT molecular complexity index is 404. The average molecular weight is 175 g/mol. The summed E-state index contributed by atoms with van der Waals surface area (Å²) in [6, 6.07) is 8.97. The highest BCUT2D eigenvalue weighted by atomic mass is 19.1. The van der Waals surface area contributed by atoms with E-state index in [0.717, 1.165) is 5.69 Å². The van der Waals surface area contributed by atoms with Crippen LogP contribution in [0.4, 0.5) is 4.39 Å². The average Bonchev–Trinajstić information content (AvgIpc) is 2.62. The summed E-state index contributed by atoms with van der Waals surface area (Å²) in [5, 5.41) is 0. The fourth-order valence-electron chi connectivity index (χ4n) is 1.30. The molecule has 66 valence electrons. The molecule has 2 heteroatoms. The molecular weight excluding hydrogens is 165 g/mol. The van der Waals surface area contributed by atoms with Gasteiger partial charge in [0.15, 0.2) is 0 Å².